The van der Waals surface area contributed by atoms with Crippen LogP contribution in [0.1, 0.15) is 125 Å². The van der Waals surface area contributed by atoms with Gasteiger partial charge in [-0.25, -0.2) is 0 Å². The molecule has 0 heterocycles. The summed E-state index contributed by atoms with van der Waals surface area (Å²) in [4.78, 5) is 0. The normalized spacial score (nSPS) is 14.5. The van der Waals surface area contributed by atoms with Crippen molar-refractivity contribution in [2.24, 2.45) is 4.74 Å². The average Bonchev–Trinajstić information content (AvgIpc) is 3.30. The van der Waals surface area contributed by atoms with E-state index < -0.39 is 7.05 Å². The molecular formula is C35H55LiN2P2. The maximum absolute atomic E-state index is 5.97. The number of allylic oxidation sites excluding steroid dienone is 2. The SMILES string of the molecule is CC(C)c1cccc(C(C)C)c1[N-]C1=C(P(=Nc2ccccc2P(C(C)C)C(C)C)(C(C)C)C(C)C)CCC1.[Li+]. The van der Waals surface area contributed by atoms with Crippen LogP contribution in [-0.2, 0) is 0 Å². The van der Waals surface area contributed by atoms with E-state index in [1.165, 1.54) is 39.9 Å². The second kappa shape index (κ2) is 15.1. The molecule has 0 saturated heterocycles. The van der Waals surface area contributed by atoms with Gasteiger partial charge in [0, 0.05) is 12.4 Å². The first-order valence-electron chi connectivity index (χ1n) is 15.4. The third kappa shape index (κ3) is 7.41. The summed E-state index contributed by atoms with van der Waals surface area (Å²) in [7, 11) is -2.17. The fourth-order valence-corrected chi connectivity index (χ4v) is 14.3. The van der Waals surface area contributed by atoms with Gasteiger partial charge in [0.25, 0.3) is 0 Å². The van der Waals surface area contributed by atoms with Gasteiger partial charge in [-0.05, 0) is 65.1 Å². The van der Waals surface area contributed by atoms with Crippen LogP contribution < -0.4 is 24.2 Å². The van der Waals surface area contributed by atoms with E-state index in [9.17, 15) is 0 Å². The Morgan fingerprint density at radius 3 is 1.70 bits per heavy atom. The van der Waals surface area contributed by atoms with Gasteiger partial charge in [-0.2, -0.15) is 5.70 Å². The van der Waals surface area contributed by atoms with Crippen LogP contribution in [0, 0.1) is 0 Å². The number of hydrogen-bond acceptors (Lipinski definition) is 1. The van der Waals surface area contributed by atoms with E-state index in [2.05, 4.69) is 126 Å². The quantitative estimate of drug-likeness (QED) is 0.189. The van der Waals surface area contributed by atoms with Crippen LogP contribution in [0.2, 0.25) is 0 Å². The summed E-state index contributed by atoms with van der Waals surface area (Å²) in [5, 5.41) is 8.70. The van der Waals surface area contributed by atoms with E-state index >= 15 is 0 Å². The van der Waals surface area contributed by atoms with Crippen LogP contribution in [0.15, 0.2) is 58.2 Å². The average molecular weight is 573 g/mol. The van der Waals surface area contributed by atoms with Crippen LogP contribution in [0.5, 0.6) is 0 Å². The zero-order chi connectivity index (χ0) is 29.1. The first-order chi connectivity index (χ1) is 18.3. The van der Waals surface area contributed by atoms with Crippen molar-refractivity contribution in [2.45, 2.75) is 137 Å². The van der Waals surface area contributed by atoms with Crippen molar-refractivity contribution in [1.82, 2.24) is 0 Å². The predicted octanol–water partition coefficient (Wildman–Crippen LogP) is 9.61. The maximum Gasteiger partial charge on any atom is 1.00 e. The summed E-state index contributed by atoms with van der Waals surface area (Å²) in [6.45, 7) is 28.5. The number of hydrogen-bond donors (Lipinski definition) is 0. The van der Waals surface area contributed by atoms with Gasteiger partial charge < -0.3 is 5.32 Å². The molecule has 0 atom stereocenters. The summed E-state index contributed by atoms with van der Waals surface area (Å²) >= 11 is 0. The molecule has 2 aromatic rings. The zero-order valence-electron chi connectivity index (χ0n) is 27.9. The van der Waals surface area contributed by atoms with Gasteiger partial charge in [-0.3, -0.25) is 4.74 Å². The van der Waals surface area contributed by atoms with Crippen molar-refractivity contribution >= 4 is 31.7 Å². The molecule has 0 bridgehead atoms. The molecule has 0 aliphatic heterocycles. The fraction of sp³-hybridized carbons (Fsp3) is 0.600. The second-order valence-electron chi connectivity index (χ2n) is 13.1. The predicted molar refractivity (Wildman–Crippen MR) is 181 cm³/mol. The Morgan fingerprint density at radius 2 is 1.23 bits per heavy atom. The van der Waals surface area contributed by atoms with Crippen LogP contribution in [0.3, 0.4) is 0 Å². The molecule has 1 aliphatic carbocycles. The molecule has 0 radical (unpaired) electrons. The Labute approximate surface area is 261 Å². The van der Waals surface area contributed by atoms with Crippen LogP contribution in [0.4, 0.5) is 11.4 Å². The molecule has 0 amide bonds. The molecule has 0 unspecified atom stereocenters. The molecule has 40 heavy (non-hydrogen) atoms. The van der Waals surface area contributed by atoms with E-state index in [1.807, 2.05) is 0 Å². The van der Waals surface area contributed by atoms with Crippen molar-refractivity contribution in [2.75, 3.05) is 0 Å². The molecule has 5 heteroatoms. The first-order valence-corrected chi connectivity index (χ1v) is 18.7. The second-order valence-corrected chi connectivity index (χ2v) is 20.7. The molecule has 0 saturated carbocycles. The fourth-order valence-electron chi connectivity index (χ4n) is 6.60. The summed E-state index contributed by atoms with van der Waals surface area (Å²) in [6.07, 6.45) is 3.40. The van der Waals surface area contributed by atoms with Gasteiger partial charge in [-0.1, -0.05) is 139 Å². The summed E-state index contributed by atoms with van der Waals surface area (Å²) < 4.78 is 5.97. The van der Waals surface area contributed by atoms with E-state index in [1.54, 1.807) is 5.31 Å². The van der Waals surface area contributed by atoms with E-state index in [4.69, 9.17) is 10.1 Å². The van der Waals surface area contributed by atoms with Gasteiger partial charge in [0.15, 0.2) is 0 Å². The van der Waals surface area contributed by atoms with Crippen LogP contribution in [0.25, 0.3) is 5.32 Å². The van der Waals surface area contributed by atoms with Crippen LogP contribution >= 0.6 is 15.0 Å². The Hall–Kier alpha value is -0.763. The number of nitrogens with zero attached hydrogens (tertiary/aromatic N) is 2. The number of para-hydroxylation sites is 1. The largest absolute Gasteiger partial charge is 1.00 e. The van der Waals surface area contributed by atoms with Gasteiger partial charge in [0.1, 0.15) is 0 Å². The molecule has 2 aromatic carbocycles. The maximum atomic E-state index is 5.97. The summed E-state index contributed by atoms with van der Waals surface area (Å²) in [6, 6.07) is 15.9. The molecule has 216 valence electrons. The van der Waals surface area contributed by atoms with Crippen molar-refractivity contribution in [3.05, 3.63) is 69.9 Å². The molecule has 0 N–H and O–H groups in total. The molecular weight excluding hydrogens is 517 g/mol. The number of rotatable bonds is 11. The van der Waals surface area contributed by atoms with Crippen molar-refractivity contribution < 1.29 is 18.9 Å². The monoisotopic (exact) mass is 572 g/mol. The molecule has 0 spiro atoms. The summed E-state index contributed by atoms with van der Waals surface area (Å²) in [5.41, 5.74) is 8.82. The van der Waals surface area contributed by atoms with Crippen molar-refractivity contribution in [3.8, 4) is 0 Å². The Morgan fingerprint density at radius 1 is 0.700 bits per heavy atom. The Kier molecular flexibility index (Phi) is 13.4. The van der Waals surface area contributed by atoms with E-state index in [-0.39, 0.29) is 26.8 Å². The van der Waals surface area contributed by atoms with Gasteiger partial charge in [0.2, 0.25) is 0 Å². The van der Waals surface area contributed by atoms with Crippen LogP contribution in [-0.4, -0.2) is 22.6 Å². The molecule has 3 rings (SSSR count). The number of benzene rings is 2. The van der Waals surface area contributed by atoms with Gasteiger partial charge >= 0.3 is 18.9 Å². The molecule has 0 aromatic heterocycles. The Bertz CT molecular complexity index is 1160. The Balaban J connectivity index is 0.00000560. The third-order valence-corrected chi connectivity index (χ3v) is 16.5. The standard InChI is InChI=1S/C35H55N2P2.Li/c1-23(2)29-17-15-18-30(24(3)4)35(29)36-32-20-16-22-34(32)39(27(9)10,28(11)12)37-31-19-13-14-21-33(31)38(25(5)6)26(7)8;/h13-15,17-19,21,23-28H,16,20,22H2,1-12H3;/q-1;+1. The van der Waals surface area contributed by atoms with Gasteiger partial charge in [0.05, 0.1) is 5.69 Å². The minimum Gasteiger partial charge on any atom is -0.661 e. The van der Waals surface area contributed by atoms with E-state index in [0.29, 0.717) is 34.5 Å². The summed E-state index contributed by atoms with van der Waals surface area (Å²) in [5.74, 6) is 0.899. The van der Waals surface area contributed by atoms with Crippen molar-refractivity contribution in [1.29, 1.82) is 0 Å². The smallest absolute Gasteiger partial charge is 0.661 e. The molecule has 2 nitrogen and oxygen atoms in total. The first kappa shape index (κ1) is 35.4. The van der Waals surface area contributed by atoms with Gasteiger partial charge in [-0.15, -0.1) is 5.69 Å². The third-order valence-electron chi connectivity index (χ3n) is 8.30. The minimum atomic E-state index is -1.89. The minimum absolute atomic E-state index is 0. The van der Waals surface area contributed by atoms with E-state index in [0.717, 1.165) is 12.8 Å². The van der Waals surface area contributed by atoms with Crippen molar-refractivity contribution in [3.63, 3.8) is 0 Å². The topological polar surface area (TPSA) is 26.5 Å². The molecule has 0 fully saturated rings. The molecule has 1 aliphatic rings. The zero-order valence-corrected chi connectivity index (χ0v) is 29.7.